The second-order valence-electron chi connectivity index (χ2n) is 5.29. The van der Waals surface area contributed by atoms with E-state index in [0.717, 1.165) is 16.5 Å². The molecular weight excluding hydrogens is 319 g/mol. The first kappa shape index (κ1) is 14.5. The maximum atomic E-state index is 14.0. The largest absolute Gasteiger partial charge is 0.319 e. The molecule has 1 fully saturated rings. The van der Waals surface area contributed by atoms with Crippen LogP contribution in [0.3, 0.4) is 0 Å². The Bertz CT molecular complexity index is 897. The molecule has 1 saturated heterocycles. The molecule has 0 aliphatic carbocycles. The van der Waals surface area contributed by atoms with Gasteiger partial charge in [-0.05, 0) is 43.3 Å². The maximum absolute atomic E-state index is 14.0. The fourth-order valence-electron chi connectivity index (χ4n) is 2.64. The summed E-state index contributed by atoms with van der Waals surface area (Å²) in [6.07, 6.45) is 0.482. The molecule has 0 radical (unpaired) electrons. The second-order valence-corrected chi connectivity index (χ2v) is 5.73. The monoisotopic (exact) mass is 330 g/mol. The molecule has 1 aliphatic rings. The van der Waals surface area contributed by atoms with E-state index in [9.17, 15) is 4.39 Å². The minimum Gasteiger partial charge on any atom is -0.319 e. The predicted octanol–water partition coefficient (Wildman–Crippen LogP) is 4.48. The highest BCUT2D eigenvalue weighted by Gasteiger charge is 2.31. The van der Waals surface area contributed by atoms with Crippen LogP contribution in [0.25, 0.3) is 22.2 Å². The molecule has 0 amide bonds. The predicted molar refractivity (Wildman–Crippen MR) is 84.3 cm³/mol. The van der Waals surface area contributed by atoms with Crippen LogP contribution in [0.15, 0.2) is 42.7 Å². The summed E-state index contributed by atoms with van der Waals surface area (Å²) in [5, 5.41) is 1.40. The van der Waals surface area contributed by atoms with E-state index in [2.05, 4.69) is 9.97 Å². The summed E-state index contributed by atoms with van der Waals surface area (Å²) in [6.45, 7) is 1.76. The Hall–Kier alpha value is -2.08. The SMILES string of the molecule is CC1OC(c2cc(-c3ncnc4ccc(Cl)cc34)ccc2F)O1. The molecule has 1 aliphatic heterocycles. The average Bonchev–Trinajstić information content (AvgIpc) is 2.52. The number of rotatable bonds is 2. The minimum absolute atomic E-state index is 0.318. The lowest BCUT2D eigenvalue weighted by molar-refractivity contribution is -0.383. The van der Waals surface area contributed by atoms with Crippen LogP contribution in [-0.4, -0.2) is 16.3 Å². The van der Waals surface area contributed by atoms with Gasteiger partial charge in [-0.25, -0.2) is 14.4 Å². The zero-order valence-corrected chi connectivity index (χ0v) is 12.9. The lowest BCUT2D eigenvalue weighted by Gasteiger charge is -2.34. The summed E-state index contributed by atoms with van der Waals surface area (Å²) in [5.41, 5.74) is 2.57. The number of nitrogens with zero attached hydrogens (tertiary/aromatic N) is 2. The molecular formula is C17H12ClFN2O2. The van der Waals surface area contributed by atoms with Crippen LogP contribution in [0, 0.1) is 5.82 Å². The highest BCUT2D eigenvalue weighted by Crippen LogP contribution is 2.36. The number of hydrogen-bond acceptors (Lipinski definition) is 4. The van der Waals surface area contributed by atoms with Crippen molar-refractivity contribution in [1.82, 2.24) is 9.97 Å². The van der Waals surface area contributed by atoms with Gasteiger partial charge in [0.05, 0.1) is 11.2 Å². The fourth-order valence-corrected chi connectivity index (χ4v) is 2.81. The third kappa shape index (κ3) is 2.57. The molecule has 2 aromatic carbocycles. The van der Waals surface area contributed by atoms with Gasteiger partial charge in [0.15, 0.2) is 12.6 Å². The van der Waals surface area contributed by atoms with Crippen molar-refractivity contribution in [3.8, 4) is 11.3 Å². The second kappa shape index (κ2) is 5.53. The Morgan fingerprint density at radius 2 is 1.91 bits per heavy atom. The lowest BCUT2D eigenvalue weighted by atomic mass is 10.0. The first-order chi connectivity index (χ1) is 11.1. The van der Waals surface area contributed by atoms with Crippen LogP contribution in [-0.2, 0) is 9.47 Å². The third-order valence-corrected chi connectivity index (χ3v) is 3.99. The third-order valence-electron chi connectivity index (χ3n) is 3.75. The van der Waals surface area contributed by atoms with Crippen LogP contribution in [0.4, 0.5) is 4.39 Å². The molecule has 0 bridgehead atoms. The van der Waals surface area contributed by atoms with Gasteiger partial charge in [0, 0.05) is 21.5 Å². The summed E-state index contributed by atoms with van der Waals surface area (Å²) in [4.78, 5) is 8.56. The van der Waals surface area contributed by atoms with Crippen molar-refractivity contribution in [1.29, 1.82) is 0 Å². The summed E-state index contributed by atoms with van der Waals surface area (Å²) >= 11 is 6.08. The van der Waals surface area contributed by atoms with Crippen molar-refractivity contribution >= 4 is 22.5 Å². The van der Waals surface area contributed by atoms with E-state index in [1.165, 1.54) is 12.4 Å². The van der Waals surface area contributed by atoms with Gasteiger partial charge in [0.2, 0.25) is 0 Å². The van der Waals surface area contributed by atoms with Gasteiger partial charge < -0.3 is 9.47 Å². The lowest BCUT2D eigenvalue weighted by Crippen LogP contribution is -2.32. The molecule has 116 valence electrons. The number of ether oxygens (including phenoxy) is 2. The highest BCUT2D eigenvalue weighted by atomic mass is 35.5. The Kier molecular flexibility index (Phi) is 3.49. The van der Waals surface area contributed by atoms with Crippen molar-refractivity contribution in [3.05, 3.63) is 59.1 Å². The minimum atomic E-state index is -0.679. The fraction of sp³-hybridized carbons (Fsp3) is 0.176. The van der Waals surface area contributed by atoms with Gasteiger partial charge in [-0.1, -0.05) is 11.6 Å². The number of benzene rings is 2. The molecule has 2 heterocycles. The topological polar surface area (TPSA) is 44.2 Å². The average molecular weight is 331 g/mol. The van der Waals surface area contributed by atoms with Crippen LogP contribution >= 0.6 is 11.6 Å². The van der Waals surface area contributed by atoms with E-state index in [1.807, 2.05) is 6.07 Å². The molecule has 0 N–H and O–H groups in total. The quantitative estimate of drug-likeness (QED) is 0.695. The van der Waals surface area contributed by atoms with Crippen LogP contribution in [0.2, 0.25) is 5.02 Å². The van der Waals surface area contributed by atoms with Crippen molar-refractivity contribution in [2.75, 3.05) is 0 Å². The van der Waals surface area contributed by atoms with Gasteiger partial charge in [0.1, 0.15) is 12.1 Å². The standard InChI is InChI=1S/C17H12ClFN2O2/c1-9-22-17(23-9)12-6-10(2-4-14(12)19)16-13-7-11(18)3-5-15(13)20-8-21-16/h2-9,17H,1H3. The molecule has 3 aromatic rings. The van der Waals surface area contributed by atoms with E-state index >= 15 is 0 Å². The van der Waals surface area contributed by atoms with Crippen molar-refractivity contribution in [2.24, 2.45) is 0 Å². The van der Waals surface area contributed by atoms with Crippen molar-refractivity contribution < 1.29 is 13.9 Å². The molecule has 0 spiro atoms. The van der Waals surface area contributed by atoms with Crippen LogP contribution in [0.1, 0.15) is 18.8 Å². The normalized spacial score (nSPS) is 20.5. The summed E-state index contributed by atoms with van der Waals surface area (Å²) in [6, 6.07) is 10.1. The van der Waals surface area contributed by atoms with E-state index in [4.69, 9.17) is 21.1 Å². The van der Waals surface area contributed by atoms with Crippen molar-refractivity contribution in [3.63, 3.8) is 0 Å². The Labute approximate surface area is 136 Å². The summed E-state index contributed by atoms with van der Waals surface area (Å²) < 4.78 is 24.8. The summed E-state index contributed by atoms with van der Waals surface area (Å²) in [5.74, 6) is -0.373. The first-order valence-corrected chi connectivity index (χ1v) is 7.50. The van der Waals surface area contributed by atoms with E-state index < -0.39 is 6.29 Å². The smallest absolute Gasteiger partial charge is 0.192 e. The van der Waals surface area contributed by atoms with Crippen LogP contribution in [0.5, 0.6) is 0 Å². The Balaban J connectivity index is 1.85. The Morgan fingerprint density at radius 1 is 1.09 bits per heavy atom. The molecule has 23 heavy (non-hydrogen) atoms. The summed E-state index contributed by atoms with van der Waals surface area (Å²) in [7, 11) is 0. The zero-order chi connectivity index (χ0) is 16.0. The highest BCUT2D eigenvalue weighted by molar-refractivity contribution is 6.31. The van der Waals surface area contributed by atoms with Gasteiger partial charge in [-0.2, -0.15) is 0 Å². The van der Waals surface area contributed by atoms with E-state index in [1.54, 1.807) is 31.2 Å². The van der Waals surface area contributed by atoms with Crippen molar-refractivity contribution in [2.45, 2.75) is 19.5 Å². The van der Waals surface area contributed by atoms with E-state index in [-0.39, 0.29) is 12.1 Å². The molecule has 6 heteroatoms. The van der Waals surface area contributed by atoms with E-state index in [0.29, 0.717) is 16.3 Å². The van der Waals surface area contributed by atoms with Crippen LogP contribution < -0.4 is 0 Å². The maximum Gasteiger partial charge on any atom is 0.192 e. The molecule has 0 unspecified atom stereocenters. The Morgan fingerprint density at radius 3 is 2.70 bits per heavy atom. The molecule has 1 aromatic heterocycles. The molecule has 0 atom stereocenters. The first-order valence-electron chi connectivity index (χ1n) is 7.13. The molecule has 4 nitrogen and oxygen atoms in total. The van der Waals surface area contributed by atoms with Gasteiger partial charge in [-0.15, -0.1) is 0 Å². The zero-order valence-electron chi connectivity index (χ0n) is 12.2. The number of aromatic nitrogens is 2. The number of halogens is 2. The van der Waals surface area contributed by atoms with Gasteiger partial charge in [-0.3, -0.25) is 0 Å². The van der Waals surface area contributed by atoms with Gasteiger partial charge >= 0.3 is 0 Å². The number of hydrogen-bond donors (Lipinski definition) is 0. The van der Waals surface area contributed by atoms with Gasteiger partial charge in [0.25, 0.3) is 0 Å². The number of fused-ring (bicyclic) bond motifs is 1. The molecule has 0 saturated carbocycles. The molecule has 4 rings (SSSR count).